The number of ether oxygens (including phenoxy) is 3. The van der Waals surface area contributed by atoms with E-state index >= 15 is 0 Å². The lowest BCUT2D eigenvalue weighted by molar-refractivity contribution is -0.108. The number of rotatable bonds is 5. The summed E-state index contributed by atoms with van der Waals surface area (Å²) in [5, 5.41) is 0. The summed E-state index contributed by atoms with van der Waals surface area (Å²) in [6.45, 7) is 9.48. The average molecular weight is 301 g/mol. The lowest BCUT2D eigenvalue weighted by atomic mass is 10.0. The molecule has 2 atom stereocenters. The Labute approximate surface area is 126 Å². The van der Waals surface area contributed by atoms with E-state index in [4.69, 9.17) is 14.2 Å². The predicted molar refractivity (Wildman–Crippen MR) is 78.0 cm³/mol. The van der Waals surface area contributed by atoms with Crippen molar-refractivity contribution in [2.24, 2.45) is 0 Å². The van der Waals surface area contributed by atoms with Gasteiger partial charge in [0.15, 0.2) is 0 Å². The van der Waals surface area contributed by atoms with Crippen molar-refractivity contribution in [3.05, 3.63) is 0 Å². The monoisotopic (exact) mass is 301 g/mol. The van der Waals surface area contributed by atoms with Gasteiger partial charge in [-0.15, -0.1) is 0 Å². The number of aldehydes is 1. The van der Waals surface area contributed by atoms with Crippen LogP contribution in [0.4, 0.5) is 4.79 Å². The van der Waals surface area contributed by atoms with Crippen LogP contribution in [0, 0.1) is 0 Å². The van der Waals surface area contributed by atoms with E-state index in [1.165, 1.54) is 0 Å². The number of methoxy groups -OCH3 is 1. The molecule has 0 radical (unpaired) electrons. The van der Waals surface area contributed by atoms with Crippen molar-refractivity contribution < 1.29 is 23.8 Å². The lowest BCUT2D eigenvalue weighted by Gasteiger charge is -2.37. The van der Waals surface area contributed by atoms with Crippen LogP contribution in [0.25, 0.3) is 0 Å². The van der Waals surface area contributed by atoms with Crippen LogP contribution in [0.2, 0.25) is 0 Å². The Morgan fingerprint density at radius 1 is 1.48 bits per heavy atom. The Bertz CT molecular complexity index is 375. The van der Waals surface area contributed by atoms with E-state index in [0.717, 1.165) is 6.29 Å². The smallest absolute Gasteiger partial charge is 0.412 e. The first kappa shape index (κ1) is 17.9. The number of hydrogen-bond donors (Lipinski definition) is 0. The van der Waals surface area contributed by atoms with Crippen LogP contribution in [0.3, 0.4) is 0 Å². The van der Waals surface area contributed by atoms with Gasteiger partial charge in [0.25, 0.3) is 0 Å². The highest BCUT2D eigenvalue weighted by Gasteiger charge is 2.48. The number of amides is 1. The van der Waals surface area contributed by atoms with Crippen LogP contribution in [-0.4, -0.2) is 54.5 Å². The maximum atomic E-state index is 12.5. The van der Waals surface area contributed by atoms with Crippen LogP contribution < -0.4 is 0 Å². The van der Waals surface area contributed by atoms with Crippen molar-refractivity contribution in [2.45, 2.75) is 70.9 Å². The Balaban J connectivity index is 2.92. The zero-order valence-corrected chi connectivity index (χ0v) is 13.8. The first-order valence-corrected chi connectivity index (χ1v) is 7.25. The van der Waals surface area contributed by atoms with E-state index < -0.39 is 17.4 Å². The fraction of sp³-hybridized carbons (Fsp3) is 0.867. The van der Waals surface area contributed by atoms with E-state index in [1.54, 1.807) is 12.0 Å². The molecule has 0 spiro atoms. The first-order valence-electron chi connectivity index (χ1n) is 7.25. The van der Waals surface area contributed by atoms with Crippen molar-refractivity contribution in [2.75, 3.05) is 13.7 Å². The van der Waals surface area contributed by atoms with Gasteiger partial charge in [0.2, 0.25) is 0 Å². The summed E-state index contributed by atoms with van der Waals surface area (Å²) in [5.41, 5.74) is -1.34. The molecule has 1 saturated heterocycles. The van der Waals surface area contributed by atoms with Gasteiger partial charge in [0, 0.05) is 13.5 Å². The highest BCUT2D eigenvalue weighted by molar-refractivity contribution is 5.70. The zero-order chi connectivity index (χ0) is 16.3. The summed E-state index contributed by atoms with van der Waals surface area (Å²) >= 11 is 0. The van der Waals surface area contributed by atoms with Gasteiger partial charge in [-0.25, -0.2) is 4.79 Å². The third kappa shape index (κ3) is 4.68. The van der Waals surface area contributed by atoms with E-state index in [1.807, 2.05) is 34.6 Å². The Kier molecular flexibility index (Phi) is 5.75. The minimum atomic E-state index is -0.759. The molecule has 0 unspecified atom stereocenters. The molecule has 0 N–H and O–H groups in total. The fourth-order valence-corrected chi connectivity index (χ4v) is 2.47. The molecule has 1 heterocycles. The third-order valence-electron chi connectivity index (χ3n) is 3.41. The van der Waals surface area contributed by atoms with Gasteiger partial charge in [0.1, 0.15) is 17.6 Å². The van der Waals surface area contributed by atoms with Crippen molar-refractivity contribution >= 4 is 12.4 Å². The minimum Gasteiger partial charge on any atom is -0.444 e. The summed E-state index contributed by atoms with van der Waals surface area (Å²) < 4.78 is 16.6. The molecule has 6 nitrogen and oxygen atoms in total. The number of nitrogens with zero attached hydrogens (tertiary/aromatic N) is 1. The molecule has 0 aromatic rings. The molecular weight excluding hydrogens is 274 g/mol. The van der Waals surface area contributed by atoms with Gasteiger partial charge >= 0.3 is 6.09 Å². The third-order valence-corrected chi connectivity index (χ3v) is 3.41. The molecule has 1 aliphatic heterocycles. The molecule has 122 valence electrons. The molecule has 6 heteroatoms. The van der Waals surface area contributed by atoms with Crippen molar-refractivity contribution in [3.63, 3.8) is 0 Å². The predicted octanol–water partition coefficient (Wildman–Crippen LogP) is 2.35. The van der Waals surface area contributed by atoms with Crippen molar-refractivity contribution in [1.29, 1.82) is 0 Å². The molecule has 0 aromatic heterocycles. The van der Waals surface area contributed by atoms with Crippen molar-refractivity contribution in [1.82, 2.24) is 4.90 Å². The van der Waals surface area contributed by atoms with E-state index in [9.17, 15) is 9.59 Å². The van der Waals surface area contributed by atoms with Crippen LogP contribution in [-0.2, 0) is 19.0 Å². The molecule has 0 aromatic carbocycles. The van der Waals surface area contributed by atoms with E-state index in [2.05, 4.69) is 0 Å². The van der Waals surface area contributed by atoms with Gasteiger partial charge < -0.3 is 19.0 Å². The summed E-state index contributed by atoms with van der Waals surface area (Å²) in [4.78, 5) is 24.6. The Hall–Kier alpha value is -1.14. The summed E-state index contributed by atoms with van der Waals surface area (Å²) in [7, 11) is 1.58. The highest BCUT2D eigenvalue weighted by atomic mass is 16.6. The van der Waals surface area contributed by atoms with Crippen LogP contribution in [0.5, 0.6) is 0 Å². The topological polar surface area (TPSA) is 65.1 Å². The maximum absolute atomic E-state index is 12.5. The minimum absolute atomic E-state index is 0.260. The van der Waals surface area contributed by atoms with Gasteiger partial charge in [-0.1, -0.05) is 0 Å². The lowest BCUT2D eigenvalue weighted by Crippen LogP contribution is -2.53. The molecule has 0 bridgehead atoms. The number of hydrogen-bond acceptors (Lipinski definition) is 5. The standard InChI is InChI=1S/C15H27NO5/c1-14(2,3)21-13(18)16-11(10-20-15(16,4)5)12(19-6)8-7-9-17/h9,11-12H,7-8,10H2,1-6H3/t11-,12-/m0/s1. The van der Waals surface area contributed by atoms with E-state index in [-0.39, 0.29) is 12.1 Å². The largest absolute Gasteiger partial charge is 0.444 e. The molecule has 21 heavy (non-hydrogen) atoms. The van der Waals surface area contributed by atoms with Crippen molar-refractivity contribution in [3.8, 4) is 0 Å². The summed E-state index contributed by atoms with van der Waals surface area (Å²) in [6.07, 6.45) is 1.10. The molecule has 0 aliphatic carbocycles. The first-order chi connectivity index (χ1) is 9.62. The SMILES string of the molecule is CO[C@@H](CCC=O)[C@@H]1COC(C)(C)N1C(=O)OC(C)(C)C. The number of carbonyl (C=O) groups excluding carboxylic acids is 2. The van der Waals surface area contributed by atoms with Gasteiger partial charge in [0.05, 0.1) is 18.8 Å². The highest BCUT2D eigenvalue weighted by Crippen LogP contribution is 2.32. The second-order valence-corrected chi connectivity index (χ2v) is 6.69. The van der Waals surface area contributed by atoms with Gasteiger partial charge in [-0.2, -0.15) is 0 Å². The second kappa shape index (κ2) is 6.75. The Morgan fingerprint density at radius 2 is 2.10 bits per heavy atom. The van der Waals surface area contributed by atoms with Crippen LogP contribution >= 0.6 is 0 Å². The fourth-order valence-electron chi connectivity index (χ4n) is 2.47. The summed E-state index contributed by atoms with van der Waals surface area (Å²) in [5.74, 6) is 0. The Morgan fingerprint density at radius 3 is 2.57 bits per heavy atom. The van der Waals surface area contributed by atoms with Crippen LogP contribution in [0.1, 0.15) is 47.5 Å². The quantitative estimate of drug-likeness (QED) is 0.729. The molecule has 0 saturated carbocycles. The van der Waals surface area contributed by atoms with Gasteiger partial charge in [-0.3, -0.25) is 4.90 Å². The molecule has 1 amide bonds. The van der Waals surface area contributed by atoms with E-state index in [0.29, 0.717) is 19.4 Å². The van der Waals surface area contributed by atoms with Gasteiger partial charge in [-0.05, 0) is 41.0 Å². The molecular formula is C15H27NO5. The molecule has 1 aliphatic rings. The average Bonchev–Trinajstić information content (AvgIpc) is 2.64. The van der Waals surface area contributed by atoms with Crippen LogP contribution in [0.15, 0.2) is 0 Å². The molecule has 1 fully saturated rings. The molecule has 1 rings (SSSR count). The zero-order valence-electron chi connectivity index (χ0n) is 13.8. The maximum Gasteiger partial charge on any atom is 0.412 e. The normalized spacial score (nSPS) is 23.0. The second-order valence-electron chi connectivity index (χ2n) is 6.69. The summed E-state index contributed by atoms with van der Waals surface area (Å²) in [6, 6.07) is -0.264. The number of carbonyl (C=O) groups is 2.